The van der Waals surface area contributed by atoms with Crippen molar-refractivity contribution >= 4 is 0 Å². The van der Waals surface area contributed by atoms with E-state index in [1.807, 2.05) is 0 Å². The molecule has 1 aromatic heterocycles. The second-order valence-electron chi connectivity index (χ2n) is 4.46. The lowest BCUT2D eigenvalue weighted by Crippen LogP contribution is -2.10. The monoisotopic (exact) mass is 247 g/mol. The number of aromatic nitrogens is 4. The third kappa shape index (κ3) is 2.24. The smallest absolute Gasteiger partial charge is 0.179 e. The number of hydrogen-bond acceptors (Lipinski definition) is 4. The fraction of sp³-hybridized carbons (Fsp3) is 0.417. The van der Waals surface area contributed by atoms with Crippen LogP contribution in [0.2, 0.25) is 0 Å². The molecule has 1 saturated heterocycles. The van der Waals surface area contributed by atoms with Crippen molar-refractivity contribution in [3.63, 3.8) is 0 Å². The summed E-state index contributed by atoms with van der Waals surface area (Å²) in [4.78, 5) is 1.45. The van der Waals surface area contributed by atoms with Gasteiger partial charge in [0.1, 0.15) is 5.82 Å². The van der Waals surface area contributed by atoms with E-state index in [4.69, 9.17) is 0 Å². The van der Waals surface area contributed by atoms with Crippen molar-refractivity contribution in [1.29, 1.82) is 0 Å². The molecule has 0 bridgehead atoms. The number of tetrazole rings is 1. The normalized spacial score (nSPS) is 19.3. The summed E-state index contributed by atoms with van der Waals surface area (Å²) >= 11 is 0. The lowest BCUT2D eigenvalue weighted by molar-refractivity contribution is 0.535. The molecule has 0 spiro atoms. The Morgan fingerprint density at radius 3 is 3.06 bits per heavy atom. The van der Waals surface area contributed by atoms with Crippen LogP contribution in [0.5, 0.6) is 0 Å². The van der Waals surface area contributed by atoms with Crippen molar-refractivity contribution in [2.45, 2.75) is 18.9 Å². The molecular formula is C12H14FN5. The first kappa shape index (κ1) is 11.3. The minimum absolute atomic E-state index is 0.237. The summed E-state index contributed by atoms with van der Waals surface area (Å²) in [5.74, 6) is 0.842. The van der Waals surface area contributed by atoms with Gasteiger partial charge in [-0.25, -0.2) is 4.39 Å². The van der Waals surface area contributed by atoms with Gasteiger partial charge >= 0.3 is 0 Å². The maximum Gasteiger partial charge on any atom is 0.179 e. The number of halogens is 1. The molecule has 1 N–H and O–H groups in total. The molecule has 1 aliphatic rings. The largest absolute Gasteiger partial charge is 0.316 e. The molecule has 1 atom stereocenters. The summed E-state index contributed by atoms with van der Waals surface area (Å²) in [7, 11) is 0. The van der Waals surface area contributed by atoms with E-state index in [1.54, 1.807) is 18.2 Å². The molecule has 18 heavy (non-hydrogen) atoms. The predicted molar refractivity (Wildman–Crippen MR) is 63.5 cm³/mol. The van der Waals surface area contributed by atoms with Crippen molar-refractivity contribution in [3.05, 3.63) is 41.5 Å². The van der Waals surface area contributed by atoms with Gasteiger partial charge in [-0.1, -0.05) is 18.2 Å². The molecule has 1 aliphatic heterocycles. The van der Waals surface area contributed by atoms with Gasteiger partial charge in [-0.3, -0.25) is 0 Å². The standard InChI is InChI=1S/C12H14FN5/c13-11-4-2-1-3-10(11)8-18-16-12(15-17-18)9-5-6-14-7-9/h1-4,9,14H,5-8H2. The molecule has 1 unspecified atom stereocenters. The van der Waals surface area contributed by atoms with Gasteiger partial charge in [0, 0.05) is 18.0 Å². The fourth-order valence-corrected chi connectivity index (χ4v) is 2.14. The Kier molecular flexibility index (Phi) is 3.02. The fourth-order valence-electron chi connectivity index (χ4n) is 2.14. The highest BCUT2D eigenvalue weighted by atomic mass is 19.1. The predicted octanol–water partition coefficient (Wildman–Crippen LogP) is 0.937. The number of rotatable bonds is 3. The van der Waals surface area contributed by atoms with Gasteiger partial charge in [-0.15, -0.1) is 10.2 Å². The number of nitrogens with one attached hydrogen (secondary N) is 1. The number of nitrogens with zero attached hydrogens (tertiary/aromatic N) is 4. The van der Waals surface area contributed by atoms with Gasteiger partial charge in [0.05, 0.1) is 6.54 Å². The zero-order valence-corrected chi connectivity index (χ0v) is 9.88. The quantitative estimate of drug-likeness (QED) is 0.877. The number of benzene rings is 1. The molecule has 2 aromatic rings. The van der Waals surface area contributed by atoms with Crippen LogP contribution in [-0.4, -0.2) is 33.3 Å². The molecule has 1 aromatic carbocycles. The summed E-state index contributed by atoms with van der Waals surface area (Å²) in [6, 6.07) is 6.64. The topological polar surface area (TPSA) is 55.6 Å². The van der Waals surface area contributed by atoms with E-state index >= 15 is 0 Å². The zero-order valence-electron chi connectivity index (χ0n) is 9.88. The molecule has 3 rings (SSSR count). The molecule has 2 heterocycles. The average Bonchev–Trinajstić information content (AvgIpc) is 3.02. The van der Waals surface area contributed by atoms with Crippen molar-refractivity contribution < 1.29 is 4.39 Å². The second-order valence-corrected chi connectivity index (χ2v) is 4.46. The molecule has 0 aliphatic carbocycles. The molecule has 0 amide bonds. The van der Waals surface area contributed by atoms with E-state index in [-0.39, 0.29) is 5.82 Å². The van der Waals surface area contributed by atoms with Crippen LogP contribution in [0.1, 0.15) is 23.7 Å². The first-order chi connectivity index (χ1) is 8.83. The Morgan fingerprint density at radius 2 is 2.28 bits per heavy atom. The summed E-state index contributed by atoms with van der Waals surface area (Å²) in [5.41, 5.74) is 0.575. The first-order valence-electron chi connectivity index (χ1n) is 6.05. The minimum Gasteiger partial charge on any atom is -0.316 e. The Balaban J connectivity index is 1.75. The minimum atomic E-state index is -0.237. The van der Waals surface area contributed by atoms with Crippen LogP contribution in [0.15, 0.2) is 24.3 Å². The molecule has 5 nitrogen and oxygen atoms in total. The van der Waals surface area contributed by atoms with E-state index < -0.39 is 0 Å². The first-order valence-corrected chi connectivity index (χ1v) is 6.05. The van der Waals surface area contributed by atoms with Crippen LogP contribution in [0.3, 0.4) is 0 Å². The Labute approximate surface area is 104 Å². The average molecular weight is 247 g/mol. The van der Waals surface area contributed by atoms with Crippen LogP contribution in [0, 0.1) is 5.82 Å². The summed E-state index contributed by atoms with van der Waals surface area (Å²) in [6.07, 6.45) is 1.03. The van der Waals surface area contributed by atoms with E-state index in [2.05, 4.69) is 20.7 Å². The zero-order chi connectivity index (χ0) is 12.4. The lowest BCUT2D eigenvalue weighted by Gasteiger charge is -2.02. The Morgan fingerprint density at radius 1 is 1.39 bits per heavy atom. The summed E-state index contributed by atoms with van der Waals surface area (Å²) < 4.78 is 13.5. The van der Waals surface area contributed by atoms with Gasteiger partial charge in [0.25, 0.3) is 0 Å². The highest BCUT2D eigenvalue weighted by Crippen LogP contribution is 2.17. The van der Waals surface area contributed by atoms with Crippen LogP contribution in [0.25, 0.3) is 0 Å². The van der Waals surface area contributed by atoms with Gasteiger partial charge < -0.3 is 5.32 Å². The summed E-state index contributed by atoms with van der Waals surface area (Å²) in [6.45, 7) is 2.21. The third-order valence-electron chi connectivity index (χ3n) is 3.16. The maximum absolute atomic E-state index is 13.5. The van der Waals surface area contributed by atoms with Gasteiger partial charge in [0.15, 0.2) is 5.82 Å². The van der Waals surface area contributed by atoms with Crippen molar-refractivity contribution in [2.24, 2.45) is 0 Å². The third-order valence-corrected chi connectivity index (χ3v) is 3.16. The molecule has 6 heteroatoms. The van der Waals surface area contributed by atoms with Crippen LogP contribution < -0.4 is 5.32 Å². The second kappa shape index (κ2) is 4.81. The van der Waals surface area contributed by atoms with Gasteiger partial charge in [-0.2, -0.15) is 4.80 Å². The van der Waals surface area contributed by atoms with Crippen molar-refractivity contribution in [1.82, 2.24) is 25.5 Å². The van der Waals surface area contributed by atoms with Crippen LogP contribution in [0.4, 0.5) is 4.39 Å². The van der Waals surface area contributed by atoms with E-state index in [1.165, 1.54) is 10.9 Å². The lowest BCUT2D eigenvalue weighted by atomic mass is 10.1. The van der Waals surface area contributed by atoms with Crippen molar-refractivity contribution in [2.75, 3.05) is 13.1 Å². The van der Waals surface area contributed by atoms with E-state index in [0.717, 1.165) is 25.3 Å². The number of hydrogen-bond donors (Lipinski definition) is 1. The van der Waals surface area contributed by atoms with Crippen LogP contribution >= 0.6 is 0 Å². The van der Waals surface area contributed by atoms with E-state index in [0.29, 0.717) is 18.0 Å². The van der Waals surface area contributed by atoms with E-state index in [9.17, 15) is 4.39 Å². The molecule has 94 valence electrons. The molecule has 0 radical (unpaired) electrons. The van der Waals surface area contributed by atoms with Gasteiger partial charge in [0.2, 0.25) is 0 Å². The highest BCUT2D eigenvalue weighted by molar-refractivity contribution is 5.17. The molecular weight excluding hydrogens is 233 g/mol. The highest BCUT2D eigenvalue weighted by Gasteiger charge is 2.21. The van der Waals surface area contributed by atoms with Crippen molar-refractivity contribution in [3.8, 4) is 0 Å². The maximum atomic E-state index is 13.5. The molecule has 0 saturated carbocycles. The van der Waals surface area contributed by atoms with Crippen LogP contribution in [-0.2, 0) is 6.54 Å². The molecule has 1 fully saturated rings. The Bertz CT molecular complexity index is 533. The Hall–Kier alpha value is -1.82. The SMILES string of the molecule is Fc1ccccc1Cn1nnc(C2CCNC2)n1. The summed E-state index contributed by atoms with van der Waals surface area (Å²) in [5, 5.41) is 15.6. The van der Waals surface area contributed by atoms with Gasteiger partial charge in [-0.05, 0) is 24.2 Å².